The molecule has 0 aliphatic heterocycles. The Bertz CT molecular complexity index is 557. The first-order valence-electron chi connectivity index (χ1n) is 6.90. The molecular weight excluding hydrogens is 230 g/mol. The molecule has 0 saturated heterocycles. The van der Waals surface area contributed by atoms with E-state index in [0.717, 1.165) is 6.42 Å². The summed E-state index contributed by atoms with van der Waals surface area (Å²) >= 11 is 0. The van der Waals surface area contributed by atoms with E-state index < -0.39 is 0 Å². The zero-order chi connectivity index (χ0) is 13.8. The lowest BCUT2D eigenvalue weighted by molar-refractivity contribution is 0.590. The summed E-state index contributed by atoms with van der Waals surface area (Å²) in [5.74, 6) is 0. The average Bonchev–Trinajstić information content (AvgIpc) is 2.39. The Morgan fingerprint density at radius 1 is 0.947 bits per heavy atom. The van der Waals surface area contributed by atoms with E-state index in [9.17, 15) is 0 Å². The van der Waals surface area contributed by atoms with E-state index in [1.165, 1.54) is 27.8 Å². The Morgan fingerprint density at radius 3 is 2.37 bits per heavy atom. The lowest BCUT2D eigenvalue weighted by Crippen LogP contribution is -2.19. The fraction of sp³-hybridized carbons (Fsp3) is 0.333. The normalized spacial score (nSPS) is 12.4. The first kappa shape index (κ1) is 13.8. The molecule has 19 heavy (non-hydrogen) atoms. The van der Waals surface area contributed by atoms with Crippen molar-refractivity contribution < 1.29 is 0 Å². The Labute approximate surface area is 116 Å². The van der Waals surface area contributed by atoms with Crippen molar-refractivity contribution in [3.63, 3.8) is 0 Å². The van der Waals surface area contributed by atoms with Crippen molar-refractivity contribution in [1.82, 2.24) is 5.32 Å². The lowest BCUT2D eigenvalue weighted by atomic mass is 9.94. The molecule has 2 aromatic carbocycles. The van der Waals surface area contributed by atoms with Gasteiger partial charge in [-0.15, -0.1) is 0 Å². The Morgan fingerprint density at radius 2 is 1.68 bits per heavy atom. The molecule has 1 heteroatoms. The SMILES string of the molecule is CNC(Cc1cc(C)ccc1C)c1cccc(C)c1. The van der Waals surface area contributed by atoms with Crippen LogP contribution in [0.4, 0.5) is 0 Å². The van der Waals surface area contributed by atoms with Gasteiger partial charge in [0.2, 0.25) is 0 Å². The quantitative estimate of drug-likeness (QED) is 0.864. The van der Waals surface area contributed by atoms with E-state index in [4.69, 9.17) is 0 Å². The van der Waals surface area contributed by atoms with Crippen LogP contribution >= 0.6 is 0 Å². The van der Waals surface area contributed by atoms with Gasteiger partial charge in [-0.25, -0.2) is 0 Å². The van der Waals surface area contributed by atoms with Gasteiger partial charge in [-0.1, -0.05) is 53.6 Å². The fourth-order valence-corrected chi connectivity index (χ4v) is 2.51. The molecule has 0 bridgehead atoms. The van der Waals surface area contributed by atoms with Crippen LogP contribution in [0.15, 0.2) is 42.5 Å². The topological polar surface area (TPSA) is 12.0 Å². The molecule has 1 N–H and O–H groups in total. The lowest BCUT2D eigenvalue weighted by Gasteiger charge is -2.19. The maximum Gasteiger partial charge on any atom is 0.0358 e. The molecule has 0 aliphatic carbocycles. The summed E-state index contributed by atoms with van der Waals surface area (Å²) in [5, 5.41) is 3.44. The molecule has 0 heterocycles. The largest absolute Gasteiger partial charge is 0.313 e. The van der Waals surface area contributed by atoms with Crippen molar-refractivity contribution in [2.24, 2.45) is 0 Å². The number of hydrogen-bond donors (Lipinski definition) is 1. The molecule has 0 saturated carbocycles. The minimum absolute atomic E-state index is 0.375. The number of aryl methyl sites for hydroxylation is 3. The Kier molecular flexibility index (Phi) is 4.39. The summed E-state index contributed by atoms with van der Waals surface area (Å²) in [6, 6.07) is 15.8. The van der Waals surface area contributed by atoms with Crippen molar-refractivity contribution in [2.45, 2.75) is 33.2 Å². The third-order valence-electron chi connectivity index (χ3n) is 3.72. The van der Waals surface area contributed by atoms with E-state index in [2.05, 4.69) is 68.6 Å². The highest BCUT2D eigenvalue weighted by atomic mass is 14.9. The van der Waals surface area contributed by atoms with Crippen LogP contribution in [0.25, 0.3) is 0 Å². The van der Waals surface area contributed by atoms with Crippen molar-refractivity contribution in [2.75, 3.05) is 7.05 Å². The summed E-state index contributed by atoms with van der Waals surface area (Å²) < 4.78 is 0. The maximum absolute atomic E-state index is 3.44. The molecule has 0 spiro atoms. The molecule has 0 radical (unpaired) electrons. The van der Waals surface area contributed by atoms with Crippen LogP contribution in [0.5, 0.6) is 0 Å². The number of nitrogens with one attached hydrogen (secondary N) is 1. The molecule has 2 aromatic rings. The number of likely N-dealkylation sites (N-methyl/N-ethyl adjacent to an activating group) is 1. The third kappa shape index (κ3) is 3.45. The van der Waals surface area contributed by atoms with E-state index >= 15 is 0 Å². The summed E-state index contributed by atoms with van der Waals surface area (Å²) in [6.07, 6.45) is 1.04. The summed E-state index contributed by atoms with van der Waals surface area (Å²) in [4.78, 5) is 0. The predicted octanol–water partition coefficient (Wildman–Crippen LogP) is 4.12. The van der Waals surface area contributed by atoms with Gasteiger partial charge in [0.25, 0.3) is 0 Å². The van der Waals surface area contributed by atoms with Gasteiger partial charge in [0, 0.05) is 6.04 Å². The van der Waals surface area contributed by atoms with Gasteiger partial charge in [-0.05, 0) is 50.9 Å². The molecule has 0 aliphatic rings. The first-order valence-corrected chi connectivity index (χ1v) is 6.90. The van der Waals surface area contributed by atoms with Gasteiger partial charge in [0.05, 0.1) is 0 Å². The van der Waals surface area contributed by atoms with Gasteiger partial charge in [0.1, 0.15) is 0 Å². The predicted molar refractivity (Wildman–Crippen MR) is 82.6 cm³/mol. The van der Waals surface area contributed by atoms with Crippen molar-refractivity contribution >= 4 is 0 Å². The van der Waals surface area contributed by atoms with Gasteiger partial charge < -0.3 is 5.32 Å². The second kappa shape index (κ2) is 6.03. The molecule has 0 amide bonds. The zero-order valence-electron chi connectivity index (χ0n) is 12.3. The fourth-order valence-electron chi connectivity index (χ4n) is 2.51. The van der Waals surface area contributed by atoms with E-state index in [1.807, 2.05) is 7.05 Å². The standard InChI is InChI=1S/C18H23N/c1-13-6-5-7-16(10-13)18(19-4)12-17-11-14(2)8-9-15(17)3/h5-11,18-19H,12H2,1-4H3. The molecule has 100 valence electrons. The van der Waals surface area contributed by atoms with Crippen LogP contribution in [0, 0.1) is 20.8 Å². The minimum Gasteiger partial charge on any atom is -0.313 e. The summed E-state index contributed by atoms with van der Waals surface area (Å²) in [6.45, 7) is 6.50. The van der Waals surface area contributed by atoms with Crippen LogP contribution in [0.2, 0.25) is 0 Å². The highest BCUT2D eigenvalue weighted by Crippen LogP contribution is 2.21. The highest BCUT2D eigenvalue weighted by Gasteiger charge is 2.11. The van der Waals surface area contributed by atoms with Gasteiger partial charge in [-0.3, -0.25) is 0 Å². The molecule has 1 atom stereocenters. The molecule has 0 aromatic heterocycles. The molecular formula is C18H23N. The van der Waals surface area contributed by atoms with Crippen molar-refractivity contribution in [3.8, 4) is 0 Å². The third-order valence-corrected chi connectivity index (χ3v) is 3.72. The van der Waals surface area contributed by atoms with Crippen molar-refractivity contribution in [3.05, 3.63) is 70.3 Å². The van der Waals surface area contributed by atoms with E-state index in [0.29, 0.717) is 6.04 Å². The number of benzene rings is 2. The Hall–Kier alpha value is -1.60. The summed E-state index contributed by atoms with van der Waals surface area (Å²) in [7, 11) is 2.04. The smallest absolute Gasteiger partial charge is 0.0358 e. The molecule has 1 unspecified atom stereocenters. The first-order chi connectivity index (χ1) is 9.10. The van der Waals surface area contributed by atoms with Crippen molar-refractivity contribution in [1.29, 1.82) is 0 Å². The van der Waals surface area contributed by atoms with Gasteiger partial charge >= 0.3 is 0 Å². The van der Waals surface area contributed by atoms with E-state index in [-0.39, 0.29) is 0 Å². The van der Waals surface area contributed by atoms with Gasteiger partial charge in [0.15, 0.2) is 0 Å². The van der Waals surface area contributed by atoms with Gasteiger partial charge in [-0.2, -0.15) is 0 Å². The second-order valence-electron chi connectivity index (χ2n) is 5.39. The van der Waals surface area contributed by atoms with Crippen LogP contribution in [-0.4, -0.2) is 7.05 Å². The molecule has 0 fully saturated rings. The molecule has 2 rings (SSSR count). The highest BCUT2D eigenvalue weighted by molar-refractivity contribution is 5.33. The van der Waals surface area contributed by atoms with Crippen LogP contribution in [0.1, 0.15) is 33.9 Å². The summed E-state index contributed by atoms with van der Waals surface area (Å²) in [5.41, 5.74) is 6.82. The number of rotatable bonds is 4. The molecule has 1 nitrogen and oxygen atoms in total. The van der Waals surface area contributed by atoms with Crippen LogP contribution in [-0.2, 0) is 6.42 Å². The Balaban J connectivity index is 2.26. The minimum atomic E-state index is 0.375. The van der Waals surface area contributed by atoms with Crippen LogP contribution < -0.4 is 5.32 Å². The average molecular weight is 253 g/mol. The van der Waals surface area contributed by atoms with Crippen LogP contribution in [0.3, 0.4) is 0 Å². The second-order valence-corrected chi connectivity index (χ2v) is 5.39. The van der Waals surface area contributed by atoms with E-state index in [1.54, 1.807) is 0 Å². The maximum atomic E-state index is 3.44. The monoisotopic (exact) mass is 253 g/mol. The number of hydrogen-bond acceptors (Lipinski definition) is 1. The zero-order valence-corrected chi connectivity index (χ0v) is 12.3.